The van der Waals surface area contributed by atoms with Gasteiger partial charge in [-0.25, -0.2) is 8.78 Å². The van der Waals surface area contributed by atoms with Crippen LogP contribution in [0.5, 0.6) is 17.2 Å². The lowest BCUT2D eigenvalue weighted by atomic mass is 10.1. The number of amides is 2. The van der Waals surface area contributed by atoms with Crippen LogP contribution in [0.3, 0.4) is 0 Å². The third-order valence-corrected chi connectivity index (χ3v) is 5.97. The molecule has 0 aromatic heterocycles. The van der Waals surface area contributed by atoms with E-state index in [9.17, 15) is 18.4 Å². The Morgan fingerprint density at radius 2 is 1.57 bits per heavy atom. The van der Waals surface area contributed by atoms with Gasteiger partial charge in [0.25, 0.3) is 11.1 Å². The molecule has 4 rings (SSSR count). The minimum Gasteiger partial charge on any atom is -0.493 e. The summed E-state index contributed by atoms with van der Waals surface area (Å²) in [5.74, 6) is 0.270. The quantitative estimate of drug-likeness (QED) is 0.355. The van der Waals surface area contributed by atoms with Crippen LogP contribution < -0.4 is 14.2 Å². The van der Waals surface area contributed by atoms with Crippen molar-refractivity contribution in [2.24, 2.45) is 0 Å². The van der Waals surface area contributed by atoms with Gasteiger partial charge in [0.1, 0.15) is 30.6 Å². The summed E-state index contributed by atoms with van der Waals surface area (Å²) in [5.41, 5.74) is 1.46. The molecule has 35 heavy (non-hydrogen) atoms. The maximum absolute atomic E-state index is 13.1. The fourth-order valence-electron chi connectivity index (χ4n) is 3.26. The van der Waals surface area contributed by atoms with Crippen molar-refractivity contribution in [2.75, 3.05) is 20.3 Å². The maximum atomic E-state index is 13.1. The van der Waals surface area contributed by atoms with Crippen LogP contribution in [0.2, 0.25) is 0 Å². The molecule has 0 aliphatic carbocycles. The minimum absolute atomic E-state index is 0.0683. The SMILES string of the molecule is COc1cc(/C=C2\SC(=O)N(CCOc3ccc(F)cc3)C2=O)ccc1OCc1ccc(F)cc1. The average molecular weight is 498 g/mol. The summed E-state index contributed by atoms with van der Waals surface area (Å²) in [4.78, 5) is 26.5. The molecule has 0 radical (unpaired) electrons. The van der Waals surface area contributed by atoms with E-state index < -0.39 is 11.1 Å². The minimum atomic E-state index is -0.418. The van der Waals surface area contributed by atoms with Gasteiger partial charge in [-0.05, 0) is 77.5 Å². The molecule has 2 amide bonds. The smallest absolute Gasteiger partial charge is 0.293 e. The molecule has 1 aliphatic heterocycles. The molecule has 180 valence electrons. The van der Waals surface area contributed by atoms with E-state index in [4.69, 9.17) is 14.2 Å². The third-order valence-electron chi connectivity index (χ3n) is 5.06. The van der Waals surface area contributed by atoms with Gasteiger partial charge in [0.05, 0.1) is 18.6 Å². The van der Waals surface area contributed by atoms with Gasteiger partial charge in [0.15, 0.2) is 11.5 Å². The molecule has 1 heterocycles. The highest BCUT2D eigenvalue weighted by molar-refractivity contribution is 8.18. The molecular weight excluding hydrogens is 476 g/mol. The number of hydrogen-bond acceptors (Lipinski definition) is 6. The lowest BCUT2D eigenvalue weighted by Gasteiger charge is -2.13. The summed E-state index contributed by atoms with van der Waals surface area (Å²) in [6, 6.07) is 16.6. The Labute approximate surface area is 205 Å². The van der Waals surface area contributed by atoms with Gasteiger partial charge in [-0.1, -0.05) is 18.2 Å². The summed E-state index contributed by atoms with van der Waals surface area (Å²) in [7, 11) is 1.50. The second kappa shape index (κ2) is 11.1. The summed E-state index contributed by atoms with van der Waals surface area (Å²) in [6.07, 6.45) is 1.61. The van der Waals surface area contributed by atoms with Crippen LogP contribution >= 0.6 is 11.8 Å². The summed E-state index contributed by atoms with van der Waals surface area (Å²) in [6.45, 7) is 0.388. The predicted molar refractivity (Wildman–Crippen MR) is 128 cm³/mol. The molecular formula is C26H21F2NO5S. The van der Waals surface area contributed by atoms with E-state index in [2.05, 4.69) is 0 Å². The van der Waals surface area contributed by atoms with Crippen LogP contribution in [0.1, 0.15) is 11.1 Å². The van der Waals surface area contributed by atoms with E-state index in [0.717, 1.165) is 22.2 Å². The zero-order chi connectivity index (χ0) is 24.8. The fourth-order valence-corrected chi connectivity index (χ4v) is 4.13. The Morgan fingerprint density at radius 1 is 0.886 bits per heavy atom. The van der Waals surface area contributed by atoms with E-state index in [1.807, 2.05) is 0 Å². The highest BCUT2D eigenvalue weighted by atomic mass is 32.2. The van der Waals surface area contributed by atoms with Gasteiger partial charge in [0, 0.05) is 0 Å². The Morgan fingerprint density at radius 3 is 2.26 bits per heavy atom. The van der Waals surface area contributed by atoms with Crippen molar-refractivity contribution < 1.29 is 32.6 Å². The number of hydrogen-bond donors (Lipinski definition) is 0. The van der Waals surface area contributed by atoms with Gasteiger partial charge in [-0.2, -0.15) is 0 Å². The molecule has 3 aromatic rings. The van der Waals surface area contributed by atoms with Gasteiger partial charge >= 0.3 is 0 Å². The Bertz CT molecular complexity index is 1250. The second-order valence-corrected chi connectivity index (χ2v) is 8.45. The molecule has 0 saturated carbocycles. The van der Waals surface area contributed by atoms with Gasteiger partial charge in [-0.3, -0.25) is 14.5 Å². The molecule has 0 atom stereocenters. The first-order chi connectivity index (χ1) is 16.9. The van der Waals surface area contributed by atoms with E-state index in [0.29, 0.717) is 22.8 Å². The Balaban J connectivity index is 1.38. The van der Waals surface area contributed by atoms with Crippen molar-refractivity contribution in [3.63, 3.8) is 0 Å². The van der Waals surface area contributed by atoms with Crippen molar-refractivity contribution in [3.8, 4) is 17.2 Å². The Kier molecular flexibility index (Phi) is 7.67. The average Bonchev–Trinajstić information content (AvgIpc) is 3.12. The number of rotatable bonds is 9. The molecule has 0 spiro atoms. The standard InChI is InChI=1S/C26H21F2NO5S/c1-32-23-14-18(4-11-22(23)34-16-17-2-5-19(27)6-3-17)15-24-25(30)29(26(31)35-24)12-13-33-21-9-7-20(28)8-10-21/h2-11,14-15H,12-13,16H2,1H3/b24-15-. The van der Waals surface area contributed by atoms with Crippen LogP contribution in [0.25, 0.3) is 6.08 Å². The van der Waals surface area contributed by atoms with E-state index >= 15 is 0 Å². The topological polar surface area (TPSA) is 65.1 Å². The molecule has 1 saturated heterocycles. The summed E-state index contributed by atoms with van der Waals surface area (Å²) >= 11 is 0.842. The zero-order valence-corrected chi connectivity index (χ0v) is 19.5. The molecule has 0 N–H and O–H groups in total. The third kappa shape index (κ3) is 6.19. The maximum Gasteiger partial charge on any atom is 0.293 e. The number of benzene rings is 3. The number of methoxy groups -OCH3 is 1. The summed E-state index contributed by atoms with van der Waals surface area (Å²) in [5, 5.41) is -0.393. The first-order valence-electron chi connectivity index (χ1n) is 10.6. The molecule has 3 aromatic carbocycles. The van der Waals surface area contributed by atoms with E-state index in [1.165, 1.54) is 43.5 Å². The number of imide groups is 1. The second-order valence-electron chi connectivity index (χ2n) is 7.46. The van der Waals surface area contributed by atoms with Crippen molar-refractivity contribution in [1.29, 1.82) is 0 Å². The van der Waals surface area contributed by atoms with Crippen molar-refractivity contribution in [1.82, 2.24) is 4.90 Å². The van der Waals surface area contributed by atoms with Crippen molar-refractivity contribution in [2.45, 2.75) is 6.61 Å². The van der Waals surface area contributed by atoms with Crippen LogP contribution in [0, 0.1) is 11.6 Å². The highest BCUT2D eigenvalue weighted by Crippen LogP contribution is 2.34. The number of thioether (sulfide) groups is 1. The molecule has 9 heteroatoms. The van der Waals surface area contributed by atoms with Crippen LogP contribution in [-0.4, -0.2) is 36.3 Å². The van der Waals surface area contributed by atoms with Crippen molar-refractivity contribution >= 4 is 29.0 Å². The highest BCUT2D eigenvalue weighted by Gasteiger charge is 2.34. The predicted octanol–water partition coefficient (Wildman–Crippen LogP) is 5.67. The van der Waals surface area contributed by atoms with Crippen LogP contribution in [-0.2, 0) is 11.4 Å². The molecule has 1 fully saturated rings. The molecule has 0 bridgehead atoms. The lowest BCUT2D eigenvalue weighted by Crippen LogP contribution is -2.32. The largest absolute Gasteiger partial charge is 0.493 e. The number of carbonyl (C=O) groups is 2. The number of ether oxygens (including phenoxy) is 3. The number of nitrogens with zero attached hydrogens (tertiary/aromatic N) is 1. The molecule has 0 unspecified atom stereocenters. The van der Waals surface area contributed by atoms with Gasteiger partial charge in [0.2, 0.25) is 0 Å². The zero-order valence-electron chi connectivity index (χ0n) is 18.7. The first kappa shape index (κ1) is 24.3. The van der Waals surface area contributed by atoms with Crippen molar-refractivity contribution in [3.05, 3.63) is 94.4 Å². The molecule has 1 aliphatic rings. The van der Waals surface area contributed by atoms with E-state index in [1.54, 1.807) is 36.4 Å². The Hall–Kier alpha value is -3.85. The monoisotopic (exact) mass is 497 g/mol. The normalized spacial score (nSPS) is 14.5. The van der Waals surface area contributed by atoms with Crippen LogP contribution in [0.4, 0.5) is 13.6 Å². The van der Waals surface area contributed by atoms with Gasteiger partial charge in [-0.15, -0.1) is 0 Å². The number of halogens is 2. The van der Waals surface area contributed by atoms with E-state index in [-0.39, 0.29) is 36.3 Å². The fraction of sp³-hybridized carbons (Fsp3) is 0.154. The number of carbonyl (C=O) groups excluding carboxylic acids is 2. The first-order valence-corrected chi connectivity index (χ1v) is 11.4. The van der Waals surface area contributed by atoms with Crippen LogP contribution in [0.15, 0.2) is 71.6 Å². The summed E-state index contributed by atoms with van der Waals surface area (Å²) < 4.78 is 42.7. The molecule has 6 nitrogen and oxygen atoms in total. The van der Waals surface area contributed by atoms with Gasteiger partial charge < -0.3 is 14.2 Å². The lowest BCUT2D eigenvalue weighted by molar-refractivity contribution is -0.123.